The maximum Gasteiger partial charge on any atom is 0.459 e. The molecule has 2 aromatic carbocycles. The lowest BCUT2D eigenvalue weighted by molar-refractivity contribution is -0.213. The minimum atomic E-state index is -4.52. The molecule has 0 spiro atoms. The third-order valence-corrected chi connectivity index (χ3v) is 9.59. The zero-order valence-electron chi connectivity index (χ0n) is 27.3. The van der Waals surface area contributed by atoms with Gasteiger partial charge in [0, 0.05) is 49.8 Å². The van der Waals surface area contributed by atoms with Gasteiger partial charge in [0.05, 0.1) is 23.7 Å². The maximum atomic E-state index is 16.2. The van der Waals surface area contributed by atoms with E-state index in [0.717, 1.165) is 6.92 Å². The van der Waals surface area contributed by atoms with E-state index in [1.807, 2.05) is 0 Å². The molecule has 2 aliphatic rings. The first-order valence-corrected chi connectivity index (χ1v) is 16.8. The molecule has 0 bridgehead atoms. The van der Waals surface area contributed by atoms with Crippen LogP contribution in [0, 0.1) is 0 Å². The van der Waals surface area contributed by atoms with Crippen LogP contribution in [0.1, 0.15) is 34.6 Å². The number of benzene rings is 2. The van der Waals surface area contributed by atoms with Gasteiger partial charge in [-0.2, -0.15) is 5.09 Å². The maximum absolute atomic E-state index is 16.2. The number of alkyl halides is 1. The number of carbonyl (C=O) groups excluding carboxylic acids is 2. The zero-order chi connectivity index (χ0) is 34.9. The highest BCUT2D eigenvalue weighted by Crippen LogP contribution is 2.49. The summed E-state index contributed by atoms with van der Waals surface area (Å²) in [5.74, 6) is -2.59. The SMILES string of the molecule is COC1(C)NC(=O)C=CN1[C@@H]1O[C@H](COP(=O)(N[C@@H](C)C(=O)OC(C)C)Oc2ccccc2-c2cccc3nccnc23)[C@@H](O)[C@@]1(C)F. The van der Waals surface area contributed by atoms with Crippen molar-refractivity contribution in [3.05, 3.63) is 67.1 Å². The number of carbonyl (C=O) groups is 2. The minimum Gasteiger partial charge on any atom is -0.462 e. The van der Waals surface area contributed by atoms with Crippen molar-refractivity contribution in [2.75, 3.05) is 13.7 Å². The smallest absolute Gasteiger partial charge is 0.459 e. The Labute approximate surface area is 277 Å². The highest BCUT2D eigenvalue weighted by Gasteiger charge is 2.59. The molecule has 48 heavy (non-hydrogen) atoms. The fourth-order valence-electron chi connectivity index (χ4n) is 5.43. The van der Waals surface area contributed by atoms with Gasteiger partial charge in [-0.25, -0.2) is 8.96 Å². The number of ether oxygens (including phenoxy) is 3. The molecule has 1 fully saturated rings. The molecule has 3 aromatic rings. The molecule has 2 aliphatic heterocycles. The number of para-hydroxylation sites is 2. The normalized spacial score (nSPS) is 27.5. The second-order valence-corrected chi connectivity index (χ2v) is 13.7. The van der Waals surface area contributed by atoms with Crippen molar-refractivity contribution in [3.8, 4) is 16.9 Å². The molecule has 0 saturated carbocycles. The Morgan fingerprint density at radius 2 is 1.85 bits per heavy atom. The van der Waals surface area contributed by atoms with E-state index in [2.05, 4.69) is 20.4 Å². The average molecular weight is 688 g/mol. The lowest BCUT2D eigenvalue weighted by atomic mass is 9.97. The number of rotatable bonds is 12. The van der Waals surface area contributed by atoms with Crippen molar-refractivity contribution < 1.29 is 46.9 Å². The van der Waals surface area contributed by atoms with Gasteiger partial charge in [-0.15, -0.1) is 0 Å². The van der Waals surface area contributed by atoms with Crippen LogP contribution < -0.4 is 14.9 Å². The van der Waals surface area contributed by atoms with E-state index in [0.29, 0.717) is 22.2 Å². The molecule has 0 radical (unpaired) electrons. The molecular formula is C32H39FN5O9P. The number of nitrogens with zero attached hydrogens (tertiary/aromatic N) is 3. The third kappa shape index (κ3) is 7.21. The molecule has 2 unspecified atom stereocenters. The summed E-state index contributed by atoms with van der Waals surface area (Å²) in [5, 5.41) is 16.3. The van der Waals surface area contributed by atoms with Crippen LogP contribution in [-0.4, -0.2) is 87.7 Å². The van der Waals surface area contributed by atoms with E-state index in [9.17, 15) is 19.3 Å². The summed E-state index contributed by atoms with van der Waals surface area (Å²) in [5.41, 5.74) is -0.109. The van der Waals surface area contributed by atoms with Crippen LogP contribution >= 0.6 is 7.75 Å². The Morgan fingerprint density at radius 1 is 1.15 bits per heavy atom. The fourth-order valence-corrected chi connectivity index (χ4v) is 6.95. The van der Waals surface area contributed by atoms with Gasteiger partial charge in [0.2, 0.25) is 11.8 Å². The summed E-state index contributed by atoms with van der Waals surface area (Å²) in [6.45, 7) is 6.75. The van der Waals surface area contributed by atoms with Crippen molar-refractivity contribution in [2.24, 2.45) is 0 Å². The molecule has 0 aliphatic carbocycles. The van der Waals surface area contributed by atoms with Crippen molar-refractivity contribution in [1.82, 2.24) is 25.3 Å². The van der Waals surface area contributed by atoms with Crippen LogP contribution in [0.2, 0.25) is 0 Å². The van der Waals surface area contributed by atoms with Crippen LogP contribution in [0.4, 0.5) is 4.39 Å². The third-order valence-electron chi connectivity index (χ3n) is 7.96. The summed E-state index contributed by atoms with van der Waals surface area (Å²) >= 11 is 0. The van der Waals surface area contributed by atoms with E-state index < -0.39 is 68.3 Å². The predicted octanol–water partition coefficient (Wildman–Crippen LogP) is 3.81. The van der Waals surface area contributed by atoms with Gasteiger partial charge >= 0.3 is 13.7 Å². The number of aliphatic hydroxyl groups is 1. The number of halogens is 1. The lowest BCUT2D eigenvalue weighted by Crippen LogP contribution is -2.66. The first-order valence-electron chi connectivity index (χ1n) is 15.3. The van der Waals surface area contributed by atoms with Gasteiger partial charge in [0.1, 0.15) is 24.0 Å². The summed E-state index contributed by atoms with van der Waals surface area (Å²) in [6.07, 6.45) is 0.497. The van der Waals surface area contributed by atoms with Crippen molar-refractivity contribution >= 4 is 30.7 Å². The summed E-state index contributed by atoms with van der Waals surface area (Å²) in [6, 6.07) is 10.9. The van der Waals surface area contributed by atoms with Gasteiger partial charge < -0.3 is 34.1 Å². The average Bonchev–Trinajstić information content (AvgIpc) is 3.27. The Hall–Kier alpha value is -3.98. The topological polar surface area (TPSA) is 171 Å². The summed E-state index contributed by atoms with van der Waals surface area (Å²) in [7, 11) is -3.20. The van der Waals surface area contributed by atoms with Gasteiger partial charge in [-0.05, 0) is 39.8 Å². The minimum absolute atomic E-state index is 0.113. The number of hydrogen-bond donors (Lipinski definition) is 3. The quantitative estimate of drug-likeness (QED) is 0.186. The Morgan fingerprint density at radius 3 is 2.58 bits per heavy atom. The monoisotopic (exact) mass is 687 g/mol. The number of aliphatic hydroxyl groups excluding tert-OH is 1. The molecular weight excluding hydrogens is 648 g/mol. The summed E-state index contributed by atoms with van der Waals surface area (Å²) in [4.78, 5) is 34.9. The molecule has 1 aromatic heterocycles. The Bertz CT molecular complexity index is 1740. The molecule has 16 heteroatoms. The van der Waals surface area contributed by atoms with Crippen LogP contribution in [0.5, 0.6) is 5.75 Å². The molecule has 3 heterocycles. The number of aromatic nitrogens is 2. The van der Waals surface area contributed by atoms with Crippen molar-refractivity contribution in [3.63, 3.8) is 0 Å². The van der Waals surface area contributed by atoms with Gasteiger partial charge in [0.15, 0.2) is 11.9 Å². The molecule has 3 N–H and O–H groups in total. The fraction of sp³-hybridized carbons (Fsp3) is 0.438. The number of hydrogen-bond acceptors (Lipinski definition) is 12. The number of esters is 1. The van der Waals surface area contributed by atoms with E-state index in [-0.39, 0.29) is 5.75 Å². The second kappa shape index (κ2) is 13.9. The molecule has 14 nitrogen and oxygen atoms in total. The van der Waals surface area contributed by atoms with E-state index >= 15 is 4.39 Å². The molecule has 258 valence electrons. The number of amides is 1. The standard InChI is InChI=1S/C32H39FN5O9P/c1-19(2)45-29(41)20(3)37-48(42,47-24-13-8-7-10-21(24)22-11-9-12-23-27(22)35-16-15-34-23)44-18-25-28(40)31(4,33)30(46-25)38-17-14-26(39)36-32(38,5)43-6/h7-17,19-20,25,28,30,40H,18H2,1-6H3,(H,36,39)(H,37,42)/t20-,25+,28+,30+,31+,32?,48?/m0/s1. The van der Waals surface area contributed by atoms with Crippen molar-refractivity contribution in [1.29, 1.82) is 0 Å². The molecule has 5 rings (SSSR count). The Kier molecular flexibility index (Phi) is 10.2. The summed E-state index contributed by atoms with van der Waals surface area (Å²) < 4.78 is 59.2. The van der Waals surface area contributed by atoms with E-state index in [4.69, 9.17) is 23.3 Å². The van der Waals surface area contributed by atoms with E-state index in [1.54, 1.807) is 68.7 Å². The molecule has 1 saturated heterocycles. The van der Waals surface area contributed by atoms with Crippen LogP contribution in [0.3, 0.4) is 0 Å². The number of nitrogens with one attached hydrogen (secondary N) is 2. The lowest BCUT2D eigenvalue weighted by Gasteiger charge is -2.46. The largest absolute Gasteiger partial charge is 0.462 e. The van der Waals surface area contributed by atoms with Crippen LogP contribution in [-0.2, 0) is 32.9 Å². The number of methoxy groups -OCH3 is 1. The first kappa shape index (κ1) is 35.3. The van der Waals surface area contributed by atoms with Crippen LogP contribution in [0.15, 0.2) is 67.1 Å². The first-order chi connectivity index (χ1) is 22.7. The van der Waals surface area contributed by atoms with Crippen molar-refractivity contribution in [2.45, 2.75) is 76.7 Å². The highest BCUT2D eigenvalue weighted by molar-refractivity contribution is 7.52. The predicted molar refractivity (Wildman–Crippen MR) is 172 cm³/mol. The molecule has 7 atom stereocenters. The highest BCUT2D eigenvalue weighted by atomic mass is 31.2. The molecule has 1 amide bonds. The zero-order valence-corrected chi connectivity index (χ0v) is 28.2. The van der Waals surface area contributed by atoms with Gasteiger partial charge in [-0.3, -0.25) is 24.1 Å². The number of fused-ring (bicyclic) bond motifs is 1. The van der Waals surface area contributed by atoms with Gasteiger partial charge in [-0.1, -0.05) is 30.3 Å². The van der Waals surface area contributed by atoms with Crippen LogP contribution in [0.25, 0.3) is 22.2 Å². The van der Waals surface area contributed by atoms with Gasteiger partial charge in [0.25, 0.3) is 0 Å². The second-order valence-electron chi connectivity index (χ2n) is 12.0. The Balaban J connectivity index is 1.44. The van der Waals surface area contributed by atoms with E-state index in [1.165, 1.54) is 38.1 Å².